The van der Waals surface area contributed by atoms with Crippen molar-refractivity contribution in [1.29, 1.82) is 0 Å². The van der Waals surface area contributed by atoms with Gasteiger partial charge in [0.25, 0.3) is 5.91 Å². The van der Waals surface area contributed by atoms with Gasteiger partial charge in [-0.05, 0) is 31.5 Å². The van der Waals surface area contributed by atoms with E-state index in [1.54, 1.807) is 22.7 Å². The van der Waals surface area contributed by atoms with Gasteiger partial charge in [0, 0.05) is 27.4 Å². The molecular formula is C16H16N2OS2. The van der Waals surface area contributed by atoms with E-state index < -0.39 is 0 Å². The SMILES string of the molecule is O=C(NC1CCCNC1)c1cc2sc3ccccc3c2s1. The molecule has 2 N–H and O–H groups in total. The number of rotatable bonds is 2. The van der Waals surface area contributed by atoms with Crippen LogP contribution >= 0.6 is 22.7 Å². The lowest BCUT2D eigenvalue weighted by molar-refractivity contribution is 0.0935. The number of thiophene rings is 2. The van der Waals surface area contributed by atoms with Crippen LogP contribution in [0.25, 0.3) is 19.5 Å². The molecule has 0 spiro atoms. The molecule has 1 atom stereocenters. The average molecular weight is 316 g/mol. The van der Waals surface area contributed by atoms with Crippen molar-refractivity contribution < 1.29 is 4.79 Å². The van der Waals surface area contributed by atoms with Crippen molar-refractivity contribution in [1.82, 2.24) is 10.6 Å². The second kappa shape index (κ2) is 5.40. The Balaban J connectivity index is 1.62. The Morgan fingerprint density at radius 3 is 3.00 bits per heavy atom. The summed E-state index contributed by atoms with van der Waals surface area (Å²) in [5, 5.41) is 7.74. The lowest BCUT2D eigenvalue weighted by atomic mass is 10.1. The molecule has 1 unspecified atom stereocenters. The molecule has 1 fully saturated rings. The highest BCUT2D eigenvalue weighted by Gasteiger charge is 2.19. The van der Waals surface area contributed by atoms with Gasteiger partial charge in [0.2, 0.25) is 0 Å². The van der Waals surface area contributed by atoms with Crippen LogP contribution in [0.15, 0.2) is 30.3 Å². The van der Waals surface area contributed by atoms with E-state index in [2.05, 4.69) is 34.9 Å². The van der Waals surface area contributed by atoms with E-state index in [4.69, 9.17) is 0 Å². The van der Waals surface area contributed by atoms with Gasteiger partial charge in [-0.2, -0.15) is 0 Å². The van der Waals surface area contributed by atoms with E-state index in [1.165, 1.54) is 19.5 Å². The van der Waals surface area contributed by atoms with Gasteiger partial charge in [-0.25, -0.2) is 0 Å². The smallest absolute Gasteiger partial charge is 0.261 e. The topological polar surface area (TPSA) is 41.1 Å². The average Bonchev–Trinajstić information content (AvgIpc) is 3.06. The number of fused-ring (bicyclic) bond motifs is 3. The number of carbonyl (C=O) groups excluding carboxylic acids is 1. The molecule has 108 valence electrons. The van der Waals surface area contributed by atoms with Crippen molar-refractivity contribution in [3.05, 3.63) is 35.2 Å². The highest BCUT2D eigenvalue weighted by molar-refractivity contribution is 7.33. The zero-order valence-electron chi connectivity index (χ0n) is 11.5. The van der Waals surface area contributed by atoms with Crippen LogP contribution in [0.2, 0.25) is 0 Å². The second-order valence-corrected chi connectivity index (χ2v) is 7.55. The van der Waals surface area contributed by atoms with E-state index in [0.29, 0.717) is 0 Å². The molecule has 3 aromatic rings. The van der Waals surface area contributed by atoms with Crippen LogP contribution in [0.1, 0.15) is 22.5 Å². The predicted octanol–water partition coefficient (Wildman–Crippen LogP) is 3.60. The maximum Gasteiger partial charge on any atom is 0.261 e. The summed E-state index contributed by atoms with van der Waals surface area (Å²) in [6, 6.07) is 10.7. The molecule has 4 rings (SSSR count). The second-order valence-electron chi connectivity index (χ2n) is 5.42. The van der Waals surface area contributed by atoms with E-state index in [-0.39, 0.29) is 11.9 Å². The van der Waals surface area contributed by atoms with Gasteiger partial charge in [-0.15, -0.1) is 22.7 Å². The van der Waals surface area contributed by atoms with Gasteiger partial charge in [0.1, 0.15) is 0 Å². The lowest BCUT2D eigenvalue weighted by Gasteiger charge is -2.23. The molecule has 1 aromatic carbocycles. The molecule has 3 nitrogen and oxygen atoms in total. The number of amides is 1. The summed E-state index contributed by atoms with van der Waals surface area (Å²) in [6.07, 6.45) is 2.20. The van der Waals surface area contributed by atoms with Crippen molar-refractivity contribution in [2.75, 3.05) is 13.1 Å². The van der Waals surface area contributed by atoms with Gasteiger partial charge in [-0.3, -0.25) is 4.79 Å². The molecule has 1 aliphatic heterocycles. The highest BCUT2D eigenvalue weighted by atomic mass is 32.1. The van der Waals surface area contributed by atoms with Crippen molar-refractivity contribution in [2.45, 2.75) is 18.9 Å². The van der Waals surface area contributed by atoms with Gasteiger partial charge >= 0.3 is 0 Å². The summed E-state index contributed by atoms with van der Waals surface area (Å²) in [5.74, 6) is 0.0705. The zero-order chi connectivity index (χ0) is 14.2. The molecule has 5 heteroatoms. The van der Waals surface area contributed by atoms with E-state index in [9.17, 15) is 4.79 Å². The quantitative estimate of drug-likeness (QED) is 0.758. The summed E-state index contributed by atoms with van der Waals surface area (Å²) in [7, 11) is 0. The summed E-state index contributed by atoms with van der Waals surface area (Å²) in [4.78, 5) is 13.2. The molecule has 2 aromatic heterocycles. The molecule has 1 saturated heterocycles. The van der Waals surface area contributed by atoms with Crippen LogP contribution < -0.4 is 10.6 Å². The molecule has 0 aliphatic carbocycles. The monoisotopic (exact) mass is 316 g/mol. The molecule has 0 radical (unpaired) electrons. The van der Waals surface area contributed by atoms with Gasteiger partial charge in [0.15, 0.2) is 0 Å². The lowest BCUT2D eigenvalue weighted by Crippen LogP contribution is -2.45. The third-order valence-corrected chi connectivity index (χ3v) is 6.32. The molecule has 1 amide bonds. The predicted molar refractivity (Wildman–Crippen MR) is 90.6 cm³/mol. The summed E-state index contributed by atoms with van der Waals surface area (Å²) in [5.41, 5.74) is 0. The summed E-state index contributed by atoms with van der Waals surface area (Å²) < 4.78 is 3.75. The number of hydrogen-bond donors (Lipinski definition) is 2. The third kappa shape index (κ3) is 2.46. The van der Waals surface area contributed by atoms with E-state index in [0.717, 1.165) is 30.8 Å². The van der Waals surface area contributed by atoms with Crippen LogP contribution in [0.5, 0.6) is 0 Å². The molecule has 21 heavy (non-hydrogen) atoms. The molecule has 3 heterocycles. The fourth-order valence-electron chi connectivity index (χ4n) is 2.84. The first-order valence-electron chi connectivity index (χ1n) is 7.24. The fraction of sp³-hybridized carbons (Fsp3) is 0.312. The number of nitrogens with one attached hydrogen (secondary N) is 2. The Bertz CT molecular complexity index is 799. The van der Waals surface area contributed by atoms with Crippen molar-refractivity contribution in [3.63, 3.8) is 0 Å². The minimum absolute atomic E-state index is 0.0705. The molecule has 0 saturated carbocycles. The first-order chi connectivity index (χ1) is 10.3. The summed E-state index contributed by atoms with van der Waals surface area (Å²) >= 11 is 3.37. The normalized spacial score (nSPS) is 19.1. The van der Waals surface area contributed by atoms with E-state index in [1.807, 2.05) is 6.07 Å². The van der Waals surface area contributed by atoms with Crippen molar-refractivity contribution >= 4 is 48.1 Å². The van der Waals surface area contributed by atoms with E-state index >= 15 is 0 Å². The third-order valence-electron chi connectivity index (χ3n) is 3.91. The Labute approximate surface area is 131 Å². The van der Waals surface area contributed by atoms with Gasteiger partial charge in [0.05, 0.1) is 9.58 Å². The molecule has 1 aliphatic rings. The number of carbonyl (C=O) groups is 1. The van der Waals surface area contributed by atoms with Gasteiger partial charge in [-0.1, -0.05) is 18.2 Å². The largest absolute Gasteiger partial charge is 0.347 e. The van der Waals surface area contributed by atoms with Crippen molar-refractivity contribution in [2.24, 2.45) is 0 Å². The highest BCUT2D eigenvalue weighted by Crippen LogP contribution is 2.39. The van der Waals surface area contributed by atoms with Crippen LogP contribution in [0, 0.1) is 0 Å². The van der Waals surface area contributed by atoms with Crippen LogP contribution in [0.3, 0.4) is 0 Å². The van der Waals surface area contributed by atoms with Crippen molar-refractivity contribution in [3.8, 4) is 0 Å². The Morgan fingerprint density at radius 1 is 1.24 bits per heavy atom. The Morgan fingerprint density at radius 2 is 2.14 bits per heavy atom. The first-order valence-corrected chi connectivity index (χ1v) is 8.87. The van der Waals surface area contributed by atoms with Crippen LogP contribution in [-0.2, 0) is 0 Å². The van der Waals surface area contributed by atoms with Gasteiger partial charge < -0.3 is 10.6 Å². The Kier molecular flexibility index (Phi) is 3.41. The molecular weight excluding hydrogens is 300 g/mol. The summed E-state index contributed by atoms with van der Waals surface area (Å²) in [6.45, 7) is 1.95. The van der Waals surface area contributed by atoms with Crippen LogP contribution in [0.4, 0.5) is 0 Å². The minimum Gasteiger partial charge on any atom is -0.347 e. The maximum atomic E-state index is 12.4. The number of piperidine rings is 1. The Hall–Kier alpha value is -1.43. The fourth-order valence-corrected chi connectivity index (χ4v) is 5.27. The van der Waals surface area contributed by atoms with Crippen LogP contribution in [-0.4, -0.2) is 25.0 Å². The molecule has 0 bridgehead atoms. The standard InChI is InChI=1S/C16H16N2OS2/c19-16(18-10-4-3-7-17-9-10)14-8-13-15(21-14)11-5-1-2-6-12(11)20-13/h1-2,5-6,8,10,17H,3-4,7,9H2,(H,18,19). The number of benzene rings is 1. The number of hydrogen-bond acceptors (Lipinski definition) is 4. The zero-order valence-corrected chi connectivity index (χ0v) is 13.2. The first kappa shape index (κ1) is 13.2. The maximum absolute atomic E-state index is 12.4. The minimum atomic E-state index is 0.0705.